The molecule has 1 unspecified atom stereocenters. The van der Waals surface area contributed by atoms with Gasteiger partial charge in [-0.25, -0.2) is 0 Å². The van der Waals surface area contributed by atoms with Gasteiger partial charge >= 0.3 is 11.9 Å². The van der Waals surface area contributed by atoms with Crippen molar-refractivity contribution in [1.82, 2.24) is 0 Å². The lowest BCUT2D eigenvalue weighted by molar-refractivity contribution is -0.166. The lowest BCUT2D eigenvalue weighted by Gasteiger charge is -2.39. The number of carbonyl (C=O) groups excluding carboxylic acids is 4. The summed E-state index contributed by atoms with van der Waals surface area (Å²) in [6.45, 7) is 3.63. The standard InChI is InChI=1S/C18H24O6/c1-3-23-17(21)15-12(19)10-13(20)16(18(22)24-4-2)14(15)11-8-6-5-7-9-11/h5-6,11,14-16H,3-4,7-10H2,1-2H3/t11-,14?,15-,16+/m0/s1. The quantitative estimate of drug-likeness (QED) is 0.433. The summed E-state index contributed by atoms with van der Waals surface area (Å²) < 4.78 is 10.1. The van der Waals surface area contributed by atoms with Crippen molar-refractivity contribution >= 4 is 23.5 Å². The van der Waals surface area contributed by atoms with E-state index in [-0.39, 0.29) is 19.1 Å². The Balaban J connectivity index is 2.40. The molecule has 132 valence electrons. The average Bonchev–Trinajstić information content (AvgIpc) is 2.55. The monoisotopic (exact) mass is 336 g/mol. The average molecular weight is 336 g/mol. The molecule has 0 spiro atoms. The smallest absolute Gasteiger partial charge is 0.316 e. The minimum atomic E-state index is -1.06. The molecule has 0 heterocycles. The number of Topliss-reactive ketones (excluding diaryl/α,β-unsaturated/α-hetero) is 2. The summed E-state index contributed by atoms with van der Waals surface area (Å²) in [5.74, 6) is -5.05. The van der Waals surface area contributed by atoms with Crippen molar-refractivity contribution in [2.75, 3.05) is 13.2 Å². The van der Waals surface area contributed by atoms with Gasteiger partial charge in [-0.3, -0.25) is 19.2 Å². The van der Waals surface area contributed by atoms with Crippen LogP contribution in [0.5, 0.6) is 0 Å². The maximum atomic E-state index is 12.4. The Morgan fingerprint density at radius 1 is 1.00 bits per heavy atom. The second-order valence-electron chi connectivity index (χ2n) is 6.19. The van der Waals surface area contributed by atoms with E-state index in [1.807, 2.05) is 12.2 Å². The zero-order chi connectivity index (χ0) is 17.7. The lowest BCUT2D eigenvalue weighted by Crippen LogP contribution is -2.51. The van der Waals surface area contributed by atoms with Crippen LogP contribution < -0.4 is 0 Å². The van der Waals surface area contributed by atoms with E-state index < -0.39 is 47.7 Å². The van der Waals surface area contributed by atoms with Crippen LogP contribution in [0.1, 0.15) is 39.5 Å². The van der Waals surface area contributed by atoms with Gasteiger partial charge < -0.3 is 9.47 Å². The normalized spacial score (nSPS) is 30.1. The van der Waals surface area contributed by atoms with Crippen molar-refractivity contribution in [3.8, 4) is 0 Å². The number of ketones is 2. The molecule has 0 bridgehead atoms. The number of hydrogen-bond acceptors (Lipinski definition) is 6. The molecule has 1 fully saturated rings. The van der Waals surface area contributed by atoms with Crippen LogP contribution in [-0.2, 0) is 28.7 Å². The van der Waals surface area contributed by atoms with Gasteiger partial charge in [0.25, 0.3) is 0 Å². The molecule has 1 saturated carbocycles. The van der Waals surface area contributed by atoms with Crippen molar-refractivity contribution in [2.45, 2.75) is 39.5 Å². The molecule has 6 heteroatoms. The molecule has 0 aromatic rings. The molecule has 24 heavy (non-hydrogen) atoms. The number of hydrogen-bond donors (Lipinski definition) is 0. The minimum absolute atomic E-state index is 0.0907. The predicted octanol–water partition coefficient (Wildman–Crippen LogP) is 1.86. The van der Waals surface area contributed by atoms with Crippen LogP contribution in [0.15, 0.2) is 12.2 Å². The summed E-state index contributed by atoms with van der Waals surface area (Å²) in [4.78, 5) is 49.6. The molecule has 0 aliphatic heterocycles. The van der Waals surface area contributed by atoms with Gasteiger partial charge in [0.15, 0.2) is 11.6 Å². The van der Waals surface area contributed by atoms with Gasteiger partial charge in [-0.15, -0.1) is 0 Å². The van der Waals surface area contributed by atoms with E-state index >= 15 is 0 Å². The third-order valence-corrected chi connectivity index (χ3v) is 4.75. The van der Waals surface area contributed by atoms with E-state index in [2.05, 4.69) is 0 Å². The molecule has 4 atom stereocenters. The zero-order valence-electron chi connectivity index (χ0n) is 14.2. The van der Waals surface area contributed by atoms with Gasteiger partial charge in [-0.05, 0) is 39.0 Å². The van der Waals surface area contributed by atoms with Crippen molar-refractivity contribution in [2.24, 2.45) is 23.7 Å². The van der Waals surface area contributed by atoms with E-state index in [1.165, 1.54) is 0 Å². The Hall–Kier alpha value is -1.98. The highest BCUT2D eigenvalue weighted by Gasteiger charge is 2.53. The number of esters is 2. The van der Waals surface area contributed by atoms with Gasteiger partial charge in [0, 0.05) is 5.92 Å². The van der Waals surface area contributed by atoms with Crippen molar-refractivity contribution in [3.05, 3.63) is 12.2 Å². The van der Waals surface area contributed by atoms with Crippen molar-refractivity contribution in [1.29, 1.82) is 0 Å². The summed E-state index contributed by atoms with van der Waals surface area (Å²) in [7, 11) is 0. The Morgan fingerprint density at radius 2 is 1.54 bits per heavy atom. The summed E-state index contributed by atoms with van der Waals surface area (Å²) in [6, 6.07) is 0. The van der Waals surface area contributed by atoms with E-state index in [1.54, 1.807) is 13.8 Å². The van der Waals surface area contributed by atoms with Gasteiger partial charge in [0.2, 0.25) is 0 Å². The Morgan fingerprint density at radius 3 is 1.96 bits per heavy atom. The molecule has 2 rings (SSSR count). The first-order chi connectivity index (χ1) is 11.5. The highest BCUT2D eigenvalue weighted by molar-refractivity contribution is 6.16. The van der Waals surface area contributed by atoms with Crippen molar-refractivity contribution in [3.63, 3.8) is 0 Å². The van der Waals surface area contributed by atoms with E-state index in [9.17, 15) is 19.2 Å². The number of allylic oxidation sites excluding steroid dienone is 2. The number of ether oxygens (including phenoxy) is 2. The summed E-state index contributed by atoms with van der Waals surface area (Å²) in [5, 5.41) is 0. The first kappa shape index (κ1) is 18.4. The van der Waals surface area contributed by atoms with Crippen LogP contribution in [0, 0.1) is 23.7 Å². The third-order valence-electron chi connectivity index (χ3n) is 4.75. The topological polar surface area (TPSA) is 86.7 Å². The summed E-state index contributed by atoms with van der Waals surface area (Å²) in [5.41, 5.74) is 0. The fraction of sp³-hybridized carbons (Fsp3) is 0.667. The minimum Gasteiger partial charge on any atom is -0.465 e. The molecule has 2 aliphatic rings. The first-order valence-corrected chi connectivity index (χ1v) is 8.54. The third kappa shape index (κ3) is 3.74. The van der Waals surface area contributed by atoms with Crippen LogP contribution >= 0.6 is 0 Å². The lowest BCUT2D eigenvalue weighted by atomic mass is 9.62. The Bertz CT molecular complexity index is 514. The van der Waals surface area contributed by atoms with Gasteiger partial charge in [0.1, 0.15) is 11.8 Å². The highest BCUT2D eigenvalue weighted by Crippen LogP contribution is 2.42. The Labute approximate surface area is 141 Å². The molecular weight excluding hydrogens is 312 g/mol. The van der Waals surface area contributed by atoms with Gasteiger partial charge in [-0.1, -0.05) is 12.2 Å². The fourth-order valence-electron chi connectivity index (χ4n) is 3.77. The SMILES string of the molecule is CCOC(=O)[C@H]1C(=O)CC(=O)[C@@H](C(=O)OCC)C1[C@H]1CC=CCC1. The molecule has 0 saturated heterocycles. The van der Waals surface area contributed by atoms with Gasteiger partial charge in [0.05, 0.1) is 19.6 Å². The molecule has 6 nitrogen and oxygen atoms in total. The Kier molecular flexibility index (Phi) is 6.29. The van der Waals surface area contributed by atoms with Crippen LogP contribution in [0.3, 0.4) is 0 Å². The largest absolute Gasteiger partial charge is 0.465 e. The van der Waals surface area contributed by atoms with E-state index in [0.717, 1.165) is 12.8 Å². The van der Waals surface area contributed by atoms with Crippen LogP contribution in [0.2, 0.25) is 0 Å². The molecule has 0 N–H and O–H groups in total. The summed E-state index contributed by atoms with van der Waals surface area (Å²) in [6.07, 6.45) is 5.76. The van der Waals surface area contributed by atoms with Crippen LogP contribution in [-0.4, -0.2) is 36.7 Å². The van der Waals surface area contributed by atoms with E-state index in [4.69, 9.17) is 9.47 Å². The van der Waals surface area contributed by atoms with Crippen molar-refractivity contribution < 1.29 is 28.7 Å². The van der Waals surface area contributed by atoms with Gasteiger partial charge in [-0.2, -0.15) is 0 Å². The molecule has 0 radical (unpaired) electrons. The van der Waals surface area contributed by atoms with E-state index in [0.29, 0.717) is 6.42 Å². The second kappa shape index (κ2) is 8.22. The fourth-order valence-corrected chi connectivity index (χ4v) is 3.77. The number of rotatable bonds is 5. The highest BCUT2D eigenvalue weighted by atomic mass is 16.5. The molecule has 2 aliphatic carbocycles. The molecule has 0 amide bonds. The predicted molar refractivity (Wildman–Crippen MR) is 84.8 cm³/mol. The first-order valence-electron chi connectivity index (χ1n) is 8.54. The van der Waals surface area contributed by atoms with Crippen LogP contribution in [0.4, 0.5) is 0 Å². The summed E-state index contributed by atoms with van der Waals surface area (Å²) >= 11 is 0. The number of carbonyl (C=O) groups is 4. The molecule has 0 aromatic heterocycles. The maximum Gasteiger partial charge on any atom is 0.316 e. The zero-order valence-corrected chi connectivity index (χ0v) is 14.2. The molecule has 0 aromatic carbocycles. The maximum absolute atomic E-state index is 12.4. The van der Waals surface area contributed by atoms with Crippen LogP contribution in [0.25, 0.3) is 0 Å². The second-order valence-corrected chi connectivity index (χ2v) is 6.19. The molecular formula is C18H24O6.